The maximum absolute atomic E-state index is 12.1. The molecule has 1 aromatic rings. The third kappa shape index (κ3) is 3.28. The van der Waals surface area contributed by atoms with E-state index in [1.165, 1.54) is 0 Å². The molecule has 0 saturated carbocycles. The van der Waals surface area contributed by atoms with Crippen LogP contribution >= 0.6 is 0 Å². The van der Waals surface area contributed by atoms with Crippen molar-refractivity contribution in [1.29, 1.82) is 0 Å². The number of morpholine rings is 1. The van der Waals surface area contributed by atoms with Crippen molar-refractivity contribution in [1.82, 2.24) is 5.32 Å². The fraction of sp³-hybridized carbons (Fsp3) is 0.500. The van der Waals surface area contributed by atoms with Crippen LogP contribution in [0.1, 0.15) is 5.56 Å². The molecule has 5 heteroatoms. The fourth-order valence-corrected chi connectivity index (χ4v) is 3.32. The number of sulfone groups is 1. The molecule has 0 aliphatic carbocycles. The second-order valence-electron chi connectivity index (χ2n) is 4.32. The molecule has 94 valence electrons. The summed E-state index contributed by atoms with van der Waals surface area (Å²) >= 11 is 0. The van der Waals surface area contributed by atoms with Crippen LogP contribution in [0.4, 0.5) is 0 Å². The van der Waals surface area contributed by atoms with Gasteiger partial charge in [-0.3, -0.25) is 0 Å². The lowest BCUT2D eigenvalue weighted by Gasteiger charge is -2.23. The molecule has 17 heavy (non-hydrogen) atoms. The lowest BCUT2D eigenvalue weighted by atomic mass is 10.2. The van der Waals surface area contributed by atoms with Gasteiger partial charge < -0.3 is 10.1 Å². The van der Waals surface area contributed by atoms with E-state index in [0.717, 1.165) is 5.56 Å². The van der Waals surface area contributed by atoms with Gasteiger partial charge in [0.15, 0.2) is 9.84 Å². The highest BCUT2D eigenvalue weighted by Crippen LogP contribution is 2.13. The molecule has 1 fully saturated rings. The maximum Gasteiger partial charge on any atom is 0.179 e. The number of aryl methyl sites for hydroxylation is 1. The highest BCUT2D eigenvalue weighted by Gasteiger charge is 2.22. The van der Waals surface area contributed by atoms with Crippen molar-refractivity contribution in [2.24, 2.45) is 0 Å². The number of benzene rings is 1. The summed E-state index contributed by atoms with van der Waals surface area (Å²) in [5, 5.41) is 3.15. The SMILES string of the molecule is Cc1ccc(S(=O)(=O)CC2COCCN2)cc1. The quantitative estimate of drug-likeness (QED) is 0.866. The number of nitrogens with one attached hydrogen (secondary N) is 1. The average molecular weight is 255 g/mol. The van der Waals surface area contributed by atoms with Crippen LogP contribution in [0.25, 0.3) is 0 Å². The summed E-state index contributed by atoms with van der Waals surface area (Å²) in [6.45, 7) is 3.77. The largest absolute Gasteiger partial charge is 0.378 e. The summed E-state index contributed by atoms with van der Waals surface area (Å²) < 4.78 is 29.5. The predicted molar refractivity (Wildman–Crippen MR) is 65.8 cm³/mol. The van der Waals surface area contributed by atoms with Crippen molar-refractivity contribution in [3.05, 3.63) is 29.8 Å². The zero-order valence-electron chi connectivity index (χ0n) is 9.85. The number of hydrogen-bond acceptors (Lipinski definition) is 4. The van der Waals surface area contributed by atoms with Gasteiger partial charge in [0.2, 0.25) is 0 Å². The van der Waals surface area contributed by atoms with Crippen LogP contribution in [-0.2, 0) is 14.6 Å². The van der Waals surface area contributed by atoms with Crippen molar-refractivity contribution in [3.63, 3.8) is 0 Å². The van der Waals surface area contributed by atoms with Gasteiger partial charge in [0.05, 0.1) is 23.9 Å². The van der Waals surface area contributed by atoms with Crippen LogP contribution in [0.15, 0.2) is 29.2 Å². The molecule has 0 amide bonds. The van der Waals surface area contributed by atoms with Gasteiger partial charge in [-0.2, -0.15) is 0 Å². The summed E-state index contributed by atoms with van der Waals surface area (Å²) in [5.74, 6) is 0.0933. The van der Waals surface area contributed by atoms with Crippen molar-refractivity contribution < 1.29 is 13.2 Å². The standard InChI is InChI=1S/C12H17NO3S/c1-10-2-4-12(5-3-10)17(14,15)9-11-8-16-7-6-13-11/h2-5,11,13H,6-9H2,1H3. The molecule has 0 spiro atoms. The zero-order valence-corrected chi connectivity index (χ0v) is 10.7. The Morgan fingerprint density at radius 3 is 2.65 bits per heavy atom. The van der Waals surface area contributed by atoms with Gasteiger partial charge >= 0.3 is 0 Å². The third-order valence-corrected chi connectivity index (χ3v) is 4.63. The number of ether oxygens (including phenoxy) is 1. The molecule has 1 aliphatic heterocycles. The van der Waals surface area contributed by atoms with Gasteiger partial charge in [0.1, 0.15) is 0 Å². The molecule has 2 rings (SSSR count). The van der Waals surface area contributed by atoms with E-state index in [1.54, 1.807) is 12.1 Å². The van der Waals surface area contributed by atoms with E-state index in [1.807, 2.05) is 19.1 Å². The topological polar surface area (TPSA) is 55.4 Å². The minimum atomic E-state index is -3.22. The minimum absolute atomic E-state index is 0.0933. The van der Waals surface area contributed by atoms with Crippen LogP contribution in [-0.4, -0.2) is 40.0 Å². The van der Waals surface area contributed by atoms with Gasteiger partial charge in [-0.05, 0) is 19.1 Å². The van der Waals surface area contributed by atoms with E-state index in [9.17, 15) is 8.42 Å². The Balaban J connectivity index is 2.10. The second kappa shape index (κ2) is 5.16. The molecule has 4 nitrogen and oxygen atoms in total. The van der Waals surface area contributed by atoms with Gasteiger partial charge in [-0.15, -0.1) is 0 Å². The molecule has 0 radical (unpaired) electrons. The lowest BCUT2D eigenvalue weighted by molar-refractivity contribution is 0.0832. The summed E-state index contributed by atoms with van der Waals surface area (Å²) in [5.41, 5.74) is 1.06. The van der Waals surface area contributed by atoms with Crippen molar-refractivity contribution in [2.45, 2.75) is 17.9 Å². The zero-order chi connectivity index (χ0) is 12.3. The molecular weight excluding hydrogens is 238 g/mol. The molecular formula is C12H17NO3S. The van der Waals surface area contributed by atoms with Crippen LogP contribution in [0.5, 0.6) is 0 Å². The summed E-state index contributed by atoms with van der Waals surface area (Å²) in [6, 6.07) is 6.85. The van der Waals surface area contributed by atoms with Gasteiger partial charge in [0, 0.05) is 12.6 Å². The fourth-order valence-electron chi connectivity index (χ4n) is 1.83. The molecule has 1 atom stereocenters. The first kappa shape index (κ1) is 12.5. The number of rotatable bonds is 3. The van der Waals surface area contributed by atoms with E-state index in [2.05, 4.69) is 5.32 Å². The molecule has 1 saturated heterocycles. The van der Waals surface area contributed by atoms with Crippen molar-refractivity contribution >= 4 is 9.84 Å². The van der Waals surface area contributed by atoms with Crippen LogP contribution in [0.2, 0.25) is 0 Å². The highest BCUT2D eigenvalue weighted by molar-refractivity contribution is 7.91. The normalized spacial score (nSPS) is 21.4. The Labute approximate surface area is 102 Å². The Morgan fingerprint density at radius 2 is 2.06 bits per heavy atom. The van der Waals surface area contributed by atoms with Crippen molar-refractivity contribution in [3.8, 4) is 0 Å². The first-order chi connectivity index (χ1) is 8.08. The summed E-state index contributed by atoms with van der Waals surface area (Å²) in [7, 11) is -3.22. The third-order valence-electron chi connectivity index (χ3n) is 2.80. The molecule has 0 aromatic heterocycles. The molecule has 0 bridgehead atoms. The minimum Gasteiger partial charge on any atom is -0.378 e. The van der Waals surface area contributed by atoms with Crippen LogP contribution in [0, 0.1) is 6.92 Å². The first-order valence-electron chi connectivity index (χ1n) is 5.68. The maximum atomic E-state index is 12.1. The number of hydrogen-bond donors (Lipinski definition) is 1. The molecule has 1 heterocycles. The Kier molecular flexibility index (Phi) is 3.81. The second-order valence-corrected chi connectivity index (χ2v) is 6.35. The van der Waals surface area contributed by atoms with E-state index in [4.69, 9.17) is 4.74 Å². The van der Waals surface area contributed by atoms with E-state index in [0.29, 0.717) is 24.7 Å². The monoisotopic (exact) mass is 255 g/mol. The van der Waals surface area contributed by atoms with Crippen LogP contribution in [0.3, 0.4) is 0 Å². The molecule has 1 N–H and O–H groups in total. The summed E-state index contributed by atoms with van der Waals surface area (Å²) in [6.07, 6.45) is 0. The predicted octanol–water partition coefficient (Wildman–Crippen LogP) is 0.757. The molecule has 1 unspecified atom stereocenters. The Morgan fingerprint density at radius 1 is 1.35 bits per heavy atom. The smallest absolute Gasteiger partial charge is 0.179 e. The highest BCUT2D eigenvalue weighted by atomic mass is 32.2. The van der Waals surface area contributed by atoms with E-state index >= 15 is 0 Å². The Hall–Kier alpha value is -0.910. The Bertz CT molecular complexity index is 461. The van der Waals surface area contributed by atoms with E-state index in [-0.39, 0.29) is 11.8 Å². The van der Waals surface area contributed by atoms with Crippen LogP contribution < -0.4 is 5.32 Å². The van der Waals surface area contributed by atoms with Gasteiger partial charge in [0.25, 0.3) is 0 Å². The molecule has 1 aromatic carbocycles. The first-order valence-corrected chi connectivity index (χ1v) is 7.34. The van der Waals surface area contributed by atoms with Gasteiger partial charge in [-0.1, -0.05) is 17.7 Å². The van der Waals surface area contributed by atoms with Crippen molar-refractivity contribution in [2.75, 3.05) is 25.5 Å². The summed E-state index contributed by atoms with van der Waals surface area (Å²) in [4.78, 5) is 0.385. The lowest BCUT2D eigenvalue weighted by Crippen LogP contribution is -2.45. The van der Waals surface area contributed by atoms with E-state index < -0.39 is 9.84 Å². The molecule has 1 aliphatic rings. The average Bonchev–Trinajstić information content (AvgIpc) is 2.30. The van der Waals surface area contributed by atoms with Gasteiger partial charge in [-0.25, -0.2) is 8.42 Å².